The molecule has 1 atom stereocenters. The fourth-order valence-electron chi connectivity index (χ4n) is 2.15. The number of hydrogen-bond acceptors (Lipinski definition) is 3. The van der Waals surface area contributed by atoms with Crippen molar-refractivity contribution in [1.29, 1.82) is 0 Å². The fraction of sp³-hybridized carbons (Fsp3) is 0.500. The molecule has 1 aliphatic rings. The topological polar surface area (TPSA) is 47.3 Å². The van der Waals surface area contributed by atoms with Gasteiger partial charge in [0.2, 0.25) is 0 Å². The lowest BCUT2D eigenvalue weighted by atomic mass is 9.94. The van der Waals surface area contributed by atoms with Crippen molar-refractivity contribution in [3.8, 4) is 5.75 Å². The van der Waals surface area contributed by atoms with Gasteiger partial charge in [0.25, 0.3) is 0 Å². The molecule has 0 fully saturated rings. The molecule has 1 aromatic rings. The van der Waals surface area contributed by atoms with E-state index < -0.39 is 0 Å². The number of aryl methyl sites for hydroxylation is 1. The molecule has 0 radical (unpaired) electrons. The zero-order valence-electron chi connectivity index (χ0n) is 9.34. The van der Waals surface area contributed by atoms with E-state index in [1.165, 1.54) is 11.1 Å². The molecule has 3 nitrogen and oxygen atoms in total. The lowest BCUT2D eigenvalue weighted by molar-refractivity contribution is 0.414. The third kappa shape index (κ3) is 1.79. The second-order valence-corrected chi connectivity index (χ2v) is 4.05. The highest BCUT2D eigenvalue weighted by atomic mass is 16.5. The molecule has 82 valence electrons. The second-order valence-electron chi connectivity index (χ2n) is 4.05. The van der Waals surface area contributed by atoms with Crippen molar-refractivity contribution in [2.24, 2.45) is 5.73 Å². The molecular formula is C12H18N2O. The fourth-order valence-corrected chi connectivity index (χ4v) is 2.15. The number of fused-ring (bicyclic) bond motifs is 1. The molecular weight excluding hydrogens is 188 g/mol. The van der Waals surface area contributed by atoms with Gasteiger partial charge in [-0.25, -0.2) is 0 Å². The van der Waals surface area contributed by atoms with Crippen LogP contribution in [0.15, 0.2) is 12.1 Å². The van der Waals surface area contributed by atoms with E-state index in [1.807, 2.05) is 6.07 Å². The molecule has 3 N–H and O–H groups in total. The van der Waals surface area contributed by atoms with Gasteiger partial charge in [0.15, 0.2) is 0 Å². The quantitative estimate of drug-likeness (QED) is 0.774. The van der Waals surface area contributed by atoms with Gasteiger partial charge in [0, 0.05) is 12.6 Å². The monoisotopic (exact) mass is 206 g/mol. The van der Waals surface area contributed by atoms with Crippen LogP contribution in [0.4, 0.5) is 5.69 Å². The van der Waals surface area contributed by atoms with Gasteiger partial charge in [-0.2, -0.15) is 0 Å². The summed E-state index contributed by atoms with van der Waals surface area (Å²) in [7, 11) is 1.71. The molecule has 0 spiro atoms. The zero-order valence-corrected chi connectivity index (χ0v) is 9.34. The van der Waals surface area contributed by atoms with E-state index >= 15 is 0 Å². The predicted octanol–water partition coefficient (Wildman–Crippen LogP) is 1.69. The normalized spacial score (nSPS) is 19.3. The first-order chi connectivity index (χ1) is 7.26. The summed E-state index contributed by atoms with van der Waals surface area (Å²) in [5.74, 6) is 0.925. The van der Waals surface area contributed by atoms with Crippen molar-refractivity contribution >= 4 is 5.69 Å². The summed E-state index contributed by atoms with van der Waals surface area (Å²) < 4.78 is 5.36. The molecule has 1 aromatic carbocycles. The standard InChI is InChI=1S/C12H18N2O/c1-8-3-6-11(15-2)12-10(8)5-4-9(7-13)14-12/h3,6,9,14H,4-5,7,13H2,1-2H3. The van der Waals surface area contributed by atoms with Crippen LogP contribution in [0.2, 0.25) is 0 Å². The third-order valence-corrected chi connectivity index (χ3v) is 3.10. The SMILES string of the molecule is COc1ccc(C)c2c1NC(CN)CC2. The summed E-state index contributed by atoms with van der Waals surface area (Å²) >= 11 is 0. The van der Waals surface area contributed by atoms with E-state index in [2.05, 4.69) is 18.3 Å². The van der Waals surface area contributed by atoms with Gasteiger partial charge >= 0.3 is 0 Å². The molecule has 0 saturated heterocycles. The maximum atomic E-state index is 5.69. The number of anilines is 1. The van der Waals surface area contributed by atoms with Gasteiger partial charge in [0.1, 0.15) is 5.75 Å². The molecule has 1 heterocycles. The Hall–Kier alpha value is -1.22. The average Bonchev–Trinajstić information content (AvgIpc) is 2.29. The Kier molecular flexibility index (Phi) is 2.82. The van der Waals surface area contributed by atoms with Crippen molar-refractivity contribution in [1.82, 2.24) is 0 Å². The van der Waals surface area contributed by atoms with Crippen molar-refractivity contribution in [3.05, 3.63) is 23.3 Å². The van der Waals surface area contributed by atoms with Crippen LogP contribution < -0.4 is 15.8 Å². The highest BCUT2D eigenvalue weighted by Gasteiger charge is 2.20. The smallest absolute Gasteiger partial charge is 0.142 e. The Balaban J connectivity index is 2.41. The second kappa shape index (κ2) is 4.11. The number of ether oxygens (including phenoxy) is 1. The summed E-state index contributed by atoms with van der Waals surface area (Å²) in [6, 6.07) is 4.51. The van der Waals surface area contributed by atoms with E-state index in [0.29, 0.717) is 12.6 Å². The highest BCUT2D eigenvalue weighted by molar-refractivity contribution is 5.66. The maximum Gasteiger partial charge on any atom is 0.142 e. The number of nitrogens with one attached hydrogen (secondary N) is 1. The maximum absolute atomic E-state index is 5.69. The minimum atomic E-state index is 0.383. The summed E-state index contributed by atoms with van der Waals surface area (Å²) in [5.41, 5.74) is 9.53. The van der Waals surface area contributed by atoms with Gasteiger partial charge in [-0.05, 0) is 37.0 Å². The van der Waals surface area contributed by atoms with Crippen LogP contribution in [0.1, 0.15) is 17.5 Å². The number of nitrogens with two attached hydrogens (primary N) is 1. The van der Waals surface area contributed by atoms with Gasteiger partial charge in [-0.1, -0.05) is 6.07 Å². The molecule has 0 aliphatic carbocycles. The van der Waals surface area contributed by atoms with E-state index in [-0.39, 0.29) is 0 Å². The van der Waals surface area contributed by atoms with Gasteiger partial charge in [-0.3, -0.25) is 0 Å². The highest BCUT2D eigenvalue weighted by Crippen LogP contribution is 2.35. The van der Waals surface area contributed by atoms with Crippen molar-refractivity contribution in [3.63, 3.8) is 0 Å². The third-order valence-electron chi connectivity index (χ3n) is 3.10. The zero-order chi connectivity index (χ0) is 10.8. The van der Waals surface area contributed by atoms with Crippen molar-refractivity contribution in [2.75, 3.05) is 19.0 Å². The largest absolute Gasteiger partial charge is 0.495 e. The van der Waals surface area contributed by atoms with Crippen LogP contribution in [-0.4, -0.2) is 19.7 Å². The van der Waals surface area contributed by atoms with Crippen LogP contribution >= 0.6 is 0 Å². The lowest BCUT2D eigenvalue weighted by Gasteiger charge is -2.28. The van der Waals surface area contributed by atoms with Crippen LogP contribution in [-0.2, 0) is 6.42 Å². The Morgan fingerprint density at radius 2 is 2.33 bits per heavy atom. The molecule has 0 saturated carbocycles. The molecule has 0 bridgehead atoms. The summed E-state index contributed by atoms with van der Waals surface area (Å²) in [6.07, 6.45) is 2.20. The Labute approximate surface area is 90.6 Å². The molecule has 0 aromatic heterocycles. The van der Waals surface area contributed by atoms with Crippen molar-refractivity contribution in [2.45, 2.75) is 25.8 Å². The first-order valence-corrected chi connectivity index (χ1v) is 5.39. The van der Waals surface area contributed by atoms with E-state index in [0.717, 1.165) is 24.3 Å². The van der Waals surface area contributed by atoms with Crippen LogP contribution in [0.3, 0.4) is 0 Å². The molecule has 1 unspecified atom stereocenters. The summed E-state index contributed by atoms with van der Waals surface area (Å²) in [5, 5.41) is 3.46. The summed E-state index contributed by atoms with van der Waals surface area (Å²) in [6.45, 7) is 2.82. The summed E-state index contributed by atoms with van der Waals surface area (Å²) in [4.78, 5) is 0. The number of hydrogen-bond donors (Lipinski definition) is 2. The Morgan fingerprint density at radius 3 is 3.00 bits per heavy atom. The van der Waals surface area contributed by atoms with Crippen LogP contribution in [0, 0.1) is 6.92 Å². The van der Waals surface area contributed by atoms with E-state index in [9.17, 15) is 0 Å². The lowest BCUT2D eigenvalue weighted by Crippen LogP contribution is -2.33. The predicted molar refractivity (Wildman–Crippen MR) is 62.5 cm³/mol. The van der Waals surface area contributed by atoms with Gasteiger partial charge in [0.05, 0.1) is 12.8 Å². The number of rotatable bonds is 2. The Bertz CT molecular complexity index is 363. The minimum absolute atomic E-state index is 0.383. The van der Waals surface area contributed by atoms with Crippen LogP contribution in [0.5, 0.6) is 5.75 Å². The van der Waals surface area contributed by atoms with E-state index in [1.54, 1.807) is 7.11 Å². The Morgan fingerprint density at radius 1 is 1.53 bits per heavy atom. The van der Waals surface area contributed by atoms with Crippen molar-refractivity contribution < 1.29 is 4.74 Å². The first-order valence-electron chi connectivity index (χ1n) is 5.39. The number of benzene rings is 1. The first kappa shape index (κ1) is 10.3. The molecule has 0 amide bonds. The molecule has 3 heteroatoms. The molecule has 15 heavy (non-hydrogen) atoms. The molecule has 2 rings (SSSR count). The number of methoxy groups -OCH3 is 1. The molecule has 1 aliphatic heterocycles. The average molecular weight is 206 g/mol. The van der Waals surface area contributed by atoms with E-state index in [4.69, 9.17) is 10.5 Å². The minimum Gasteiger partial charge on any atom is -0.495 e. The van der Waals surface area contributed by atoms with Crippen LogP contribution in [0.25, 0.3) is 0 Å². The van der Waals surface area contributed by atoms with Gasteiger partial charge < -0.3 is 15.8 Å². The van der Waals surface area contributed by atoms with Gasteiger partial charge in [-0.15, -0.1) is 0 Å².